The maximum absolute atomic E-state index is 13.8. The molecule has 2 aromatic heterocycles. The van der Waals surface area contributed by atoms with Crippen LogP contribution in [0.15, 0.2) is 12.3 Å². The van der Waals surface area contributed by atoms with Gasteiger partial charge in [0.05, 0.1) is 0 Å². The van der Waals surface area contributed by atoms with Gasteiger partial charge in [-0.3, -0.25) is 4.79 Å². The minimum atomic E-state index is -0.861. The van der Waals surface area contributed by atoms with Gasteiger partial charge in [0.1, 0.15) is 22.8 Å². The van der Waals surface area contributed by atoms with Crippen LogP contribution in [-0.2, 0) is 22.4 Å². The number of alkyl carbamates (subject to hydrolysis) is 1. The van der Waals surface area contributed by atoms with Crippen LogP contribution in [-0.4, -0.2) is 56.1 Å². The first-order chi connectivity index (χ1) is 18.5. The molecule has 0 radical (unpaired) electrons. The smallest absolute Gasteiger partial charge is 0.408 e. The molecule has 0 aromatic carbocycles. The topological polar surface area (TPSA) is 109 Å². The first kappa shape index (κ1) is 29.2. The molecular weight excluding hydrogens is 512 g/mol. The molecule has 1 aliphatic carbocycles. The maximum Gasteiger partial charge on any atom is 0.408 e. The van der Waals surface area contributed by atoms with Gasteiger partial charge in [-0.2, -0.15) is 0 Å². The number of amides is 2. The molecule has 1 aliphatic heterocycles. The van der Waals surface area contributed by atoms with E-state index in [0.29, 0.717) is 31.8 Å². The van der Waals surface area contributed by atoms with E-state index in [9.17, 15) is 9.59 Å². The van der Waals surface area contributed by atoms with Crippen LogP contribution >= 0.6 is 11.3 Å². The van der Waals surface area contributed by atoms with Gasteiger partial charge in [0.25, 0.3) is 0 Å². The second kappa shape index (κ2) is 12.6. The molecule has 2 aliphatic rings. The number of aryl methyl sites for hydroxylation is 2. The lowest BCUT2D eigenvalue weighted by Gasteiger charge is -2.42. The van der Waals surface area contributed by atoms with Crippen molar-refractivity contribution in [3.05, 3.63) is 28.7 Å². The molecule has 3 heterocycles. The van der Waals surface area contributed by atoms with Crippen molar-refractivity contribution in [1.29, 1.82) is 0 Å². The zero-order chi connectivity index (χ0) is 28.0. The number of ether oxygens (including phenoxy) is 1. The highest BCUT2D eigenvalue weighted by atomic mass is 32.1. The number of nitrogens with one attached hydrogen (secondary N) is 2. The van der Waals surface area contributed by atoms with Gasteiger partial charge < -0.3 is 20.3 Å². The van der Waals surface area contributed by atoms with Crippen molar-refractivity contribution < 1.29 is 14.3 Å². The van der Waals surface area contributed by atoms with Crippen molar-refractivity contribution >= 4 is 34.3 Å². The number of piperidine rings is 1. The number of hydrogen-bond donors (Lipinski definition) is 2. The lowest BCUT2D eigenvalue weighted by Crippen LogP contribution is -2.62. The fourth-order valence-corrected chi connectivity index (χ4v) is 6.49. The monoisotopic (exact) mass is 556 g/mol. The summed E-state index contributed by atoms with van der Waals surface area (Å²) in [7, 11) is 0. The van der Waals surface area contributed by atoms with E-state index in [1.807, 2.05) is 44.9 Å². The fraction of sp³-hybridized carbons (Fsp3) is 0.690. The van der Waals surface area contributed by atoms with E-state index in [2.05, 4.69) is 22.5 Å². The van der Waals surface area contributed by atoms with Gasteiger partial charge in [-0.05, 0) is 65.7 Å². The van der Waals surface area contributed by atoms with E-state index in [0.717, 1.165) is 73.8 Å². The van der Waals surface area contributed by atoms with Crippen molar-refractivity contribution in [3.63, 3.8) is 0 Å². The van der Waals surface area contributed by atoms with E-state index in [1.165, 1.54) is 4.88 Å². The molecule has 9 nitrogen and oxygen atoms in total. The Bertz CT molecular complexity index is 1130. The fourth-order valence-electron chi connectivity index (χ4n) is 5.57. The minimum Gasteiger partial charge on any atom is -0.444 e. The van der Waals surface area contributed by atoms with Crippen molar-refractivity contribution in [2.24, 2.45) is 5.92 Å². The highest BCUT2D eigenvalue weighted by Gasteiger charge is 2.44. The molecular formula is C29H44N6O3S. The first-order valence-electron chi connectivity index (χ1n) is 14.4. The summed E-state index contributed by atoms with van der Waals surface area (Å²) in [6, 6.07) is 1.95. The number of carbonyl (C=O) groups is 2. The summed E-state index contributed by atoms with van der Waals surface area (Å²) in [5.74, 6) is 2.04. The van der Waals surface area contributed by atoms with Gasteiger partial charge in [0.15, 0.2) is 5.13 Å². The van der Waals surface area contributed by atoms with Crippen LogP contribution < -0.4 is 10.6 Å². The van der Waals surface area contributed by atoms with Gasteiger partial charge in [-0.1, -0.05) is 32.6 Å². The second-order valence-electron chi connectivity index (χ2n) is 12.0. The van der Waals surface area contributed by atoms with Crippen molar-refractivity contribution in [3.8, 4) is 0 Å². The molecule has 214 valence electrons. The zero-order valence-electron chi connectivity index (χ0n) is 24.1. The van der Waals surface area contributed by atoms with Crippen molar-refractivity contribution in [2.75, 3.05) is 18.4 Å². The predicted octanol–water partition coefficient (Wildman–Crippen LogP) is 5.95. The van der Waals surface area contributed by atoms with Crippen LogP contribution in [0.5, 0.6) is 0 Å². The third kappa shape index (κ3) is 8.13. The molecule has 0 bridgehead atoms. The summed E-state index contributed by atoms with van der Waals surface area (Å²) in [6.07, 6.45) is 10.4. The van der Waals surface area contributed by atoms with E-state index >= 15 is 0 Å². The number of aromatic nitrogens is 3. The zero-order valence-corrected chi connectivity index (χ0v) is 25.0. The molecule has 4 rings (SSSR count). The Kier molecular flexibility index (Phi) is 9.46. The van der Waals surface area contributed by atoms with Gasteiger partial charge in [0, 0.05) is 42.3 Å². The molecule has 0 unspecified atom stereocenters. The van der Waals surface area contributed by atoms with Crippen molar-refractivity contribution in [2.45, 2.75) is 110 Å². The predicted molar refractivity (Wildman–Crippen MR) is 154 cm³/mol. The normalized spacial score (nSPS) is 18.0. The summed E-state index contributed by atoms with van der Waals surface area (Å²) >= 11 is 1.67. The minimum absolute atomic E-state index is 0.0377. The summed E-state index contributed by atoms with van der Waals surface area (Å²) in [5.41, 5.74) is -0.541. The number of thiazole rings is 1. The molecule has 0 spiro atoms. The lowest BCUT2D eigenvalue weighted by atomic mass is 9.80. The van der Waals surface area contributed by atoms with E-state index in [4.69, 9.17) is 14.7 Å². The molecule has 0 atom stereocenters. The van der Waals surface area contributed by atoms with Crippen LogP contribution in [0.2, 0.25) is 0 Å². The standard InChI is InChI=1S/C29H44N6O3S/c1-6-10-22-19-30-26(39-22)33-23-17-20(2)31-24(32-23)18-21-11-15-35(16-12-21)25(36)29(13-8-7-9-14-29)34-27(37)38-28(3,4)5/h17,19,21H,6-16,18H2,1-5H3,(H,34,37)(H,30,31,32,33). The van der Waals surface area contributed by atoms with Gasteiger partial charge >= 0.3 is 6.09 Å². The molecule has 2 fully saturated rings. The third-order valence-corrected chi connectivity index (χ3v) is 8.39. The van der Waals surface area contributed by atoms with Gasteiger partial charge in [0.2, 0.25) is 5.91 Å². The number of nitrogens with zero attached hydrogens (tertiary/aromatic N) is 4. The van der Waals surface area contributed by atoms with Gasteiger partial charge in [-0.25, -0.2) is 19.7 Å². The largest absolute Gasteiger partial charge is 0.444 e. The molecule has 1 saturated carbocycles. The molecule has 2 aromatic rings. The third-order valence-electron chi connectivity index (χ3n) is 7.42. The molecule has 1 saturated heterocycles. The molecule has 39 heavy (non-hydrogen) atoms. The average molecular weight is 557 g/mol. The highest BCUT2D eigenvalue weighted by Crippen LogP contribution is 2.33. The van der Waals surface area contributed by atoms with Crippen LogP contribution in [0.1, 0.15) is 95.5 Å². The maximum atomic E-state index is 13.8. The quantitative estimate of drug-likeness (QED) is 0.414. The summed E-state index contributed by atoms with van der Waals surface area (Å²) in [6.45, 7) is 11.0. The summed E-state index contributed by atoms with van der Waals surface area (Å²) in [5, 5.41) is 7.20. The Labute approximate surface area is 236 Å². The second-order valence-corrected chi connectivity index (χ2v) is 13.1. The SMILES string of the molecule is CCCc1cnc(Nc2cc(C)nc(CC3CCN(C(=O)C4(NC(=O)OC(C)(C)C)CCCCC4)CC3)n2)s1. The highest BCUT2D eigenvalue weighted by molar-refractivity contribution is 7.15. The number of hydrogen-bond acceptors (Lipinski definition) is 8. The number of rotatable bonds is 8. The van der Waals surface area contributed by atoms with Crippen molar-refractivity contribution in [1.82, 2.24) is 25.2 Å². The molecule has 10 heteroatoms. The van der Waals surface area contributed by atoms with Crippen LogP contribution in [0.3, 0.4) is 0 Å². The summed E-state index contributed by atoms with van der Waals surface area (Å²) < 4.78 is 5.51. The first-order valence-corrected chi connectivity index (χ1v) is 15.2. The van der Waals surface area contributed by atoms with Crippen LogP contribution in [0.4, 0.5) is 15.7 Å². The Morgan fingerprint density at radius 1 is 1.15 bits per heavy atom. The van der Waals surface area contributed by atoms with E-state index in [-0.39, 0.29) is 5.91 Å². The number of likely N-dealkylation sites (tertiary alicyclic amines) is 1. The average Bonchev–Trinajstić information content (AvgIpc) is 3.30. The van der Waals surface area contributed by atoms with Crippen LogP contribution in [0.25, 0.3) is 0 Å². The number of carbonyl (C=O) groups excluding carboxylic acids is 2. The number of anilines is 2. The molecule has 2 N–H and O–H groups in total. The van der Waals surface area contributed by atoms with Crippen LogP contribution in [0, 0.1) is 12.8 Å². The Hall–Kier alpha value is -2.75. The Morgan fingerprint density at radius 2 is 1.87 bits per heavy atom. The molecule has 2 amide bonds. The van der Waals surface area contributed by atoms with Gasteiger partial charge in [-0.15, -0.1) is 11.3 Å². The van der Waals surface area contributed by atoms with E-state index in [1.54, 1.807) is 11.3 Å². The Morgan fingerprint density at radius 3 is 2.54 bits per heavy atom. The summed E-state index contributed by atoms with van der Waals surface area (Å²) in [4.78, 5) is 43.6. The lowest BCUT2D eigenvalue weighted by molar-refractivity contribution is -0.141. The van der Waals surface area contributed by atoms with E-state index < -0.39 is 17.2 Å². The Balaban J connectivity index is 1.35.